The molecule has 1 fully saturated rings. The molecule has 2 rings (SSSR count). The Kier molecular flexibility index (Phi) is 4.86. The molecule has 4 nitrogen and oxygen atoms in total. The van der Waals surface area contributed by atoms with E-state index < -0.39 is 0 Å². The first-order valence-electron chi connectivity index (χ1n) is 7.72. The van der Waals surface area contributed by atoms with Crippen molar-refractivity contribution >= 4 is 5.95 Å². The van der Waals surface area contributed by atoms with E-state index in [9.17, 15) is 0 Å². The fraction of sp³-hybridized carbons (Fsp3) is 0.800. The fourth-order valence-electron chi connectivity index (χ4n) is 2.72. The van der Waals surface area contributed by atoms with Gasteiger partial charge in [0.1, 0.15) is 0 Å². The van der Waals surface area contributed by atoms with Crippen LogP contribution < -0.4 is 10.6 Å². The van der Waals surface area contributed by atoms with E-state index in [1.165, 1.54) is 18.5 Å². The minimum Gasteiger partial charge on any atom is -0.342 e. The van der Waals surface area contributed by atoms with Gasteiger partial charge in [-0.05, 0) is 25.2 Å². The molecule has 19 heavy (non-hydrogen) atoms. The summed E-state index contributed by atoms with van der Waals surface area (Å²) in [5, 5.41) is 0. The average Bonchev–Trinajstić information content (AvgIpc) is 2.83. The van der Waals surface area contributed by atoms with Crippen molar-refractivity contribution in [2.24, 2.45) is 11.7 Å². The quantitative estimate of drug-likeness (QED) is 0.888. The monoisotopic (exact) mass is 264 g/mol. The SMILES string of the molecule is CCCCn1cc(CC)nc1N1CCC(N)C(C)C1. The Morgan fingerprint density at radius 3 is 2.84 bits per heavy atom. The molecule has 0 spiro atoms. The second-order valence-corrected chi connectivity index (χ2v) is 5.81. The molecular weight excluding hydrogens is 236 g/mol. The molecule has 0 amide bonds. The summed E-state index contributed by atoms with van der Waals surface area (Å²) in [5.74, 6) is 1.71. The first kappa shape index (κ1) is 14.4. The third-order valence-corrected chi connectivity index (χ3v) is 4.17. The van der Waals surface area contributed by atoms with Crippen LogP contribution in [0.3, 0.4) is 0 Å². The van der Waals surface area contributed by atoms with Crippen LogP contribution in [0.25, 0.3) is 0 Å². The van der Waals surface area contributed by atoms with E-state index in [0.717, 1.165) is 38.4 Å². The summed E-state index contributed by atoms with van der Waals surface area (Å²) in [6.07, 6.45) is 6.75. The van der Waals surface area contributed by atoms with Crippen LogP contribution in [0.4, 0.5) is 5.95 Å². The summed E-state index contributed by atoms with van der Waals surface area (Å²) < 4.78 is 2.34. The van der Waals surface area contributed by atoms with Crippen LogP contribution in [0, 0.1) is 5.92 Å². The van der Waals surface area contributed by atoms with Gasteiger partial charge >= 0.3 is 0 Å². The molecule has 2 unspecified atom stereocenters. The average molecular weight is 264 g/mol. The molecule has 2 atom stereocenters. The first-order valence-corrected chi connectivity index (χ1v) is 7.72. The standard InChI is InChI=1S/C15H28N4/c1-4-6-8-18-11-13(5-2)17-15(18)19-9-7-14(16)12(3)10-19/h11-12,14H,4-10,16H2,1-3H3. The van der Waals surface area contributed by atoms with Gasteiger partial charge in [0.05, 0.1) is 5.69 Å². The van der Waals surface area contributed by atoms with Gasteiger partial charge in [-0.3, -0.25) is 0 Å². The van der Waals surface area contributed by atoms with Crippen LogP contribution in [0.15, 0.2) is 6.20 Å². The van der Waals surface area contributed by atoms with E-state index in [2.05, 4.69) is 36.4 Å². The third-order valence-electron chi connectivity index (χ3n) is 4.17. The summed E-state index contributed by atoms with van der Waals surface area (Å²) in [5.41, 5.74) is 7.32. The van der Waals surface area contributed by atoms with Crippen LogP contribution >= 0.6 is 0 Å². The third kappa shape index (κ3) is 3.30. The Morgan fingerprint density at radius 2 is 2.21 bits per heavy atom. The van der Waals surface area contributed by atoms with Crippen molar-refractivity contribution in [2.45, 2.75) is 59.0 Å². The molecule has 1 aromatic rings. The topological polar surface area (TPSA) is 47.1 Å². The zero-order valence-electron chi connectivity index (χ0n) is 12.6. The van der Waals surface area contributed by atoms with Gasteiger partial charge < -0.3 is 15.2 Å². The second-order valence-electron chi connectivity index (χ2n) is 5.81. The molecule has 1 saturated heterocycles. The summed E-state index contributed by atoms with van der Waals surface area (Å²) in [6.45, 7) is 9.81. The highest BCUT2D eigenvalue weighted by atomic mass is 15.3. The number of aryl methyl sites for hydroxylation is 2. The Balaban J connectivity index is 2.15. The number of imidazole rings is 1. The van der Waals surface area contributed by atoms with Crippen molar-refractivity contribution in [1.82, 2.24) is 9.55 Å². The Bertz CT molecular complexity index is 399. The molecule has 0 bridgehead atoms. The van der Waals surface area contributed by atoms with Gasteiger partial charge in [-0.2, -0.15) is 0 Å². The number of anilines is 1. The maximum Gasteiger partial charge on any atom is 0.205 e. The molecule has 2 heterocycles. The van der Waals surface area contributed by atoms with E-state index in [1.807, 2.05) is 0 Å². The van der Waals surface area contributed by atoms with Crippen molar-refractivity contribution in [3.05, 3.63) is 11.9 Å². The zero-order chi connectivity index (χ0) is 13.8. The normalized spacial score (nSPS) is 23.9. The highest BCUT2D eigenvalue weighted by Gasteiger charge is 2.25. The van der Waals surface area contributed by atoms with Crippen LogP contribution in [-0.4, -0.2) is 28.7 Å². The second kappa shape index (κ2) is 6.42. The van der Waals surface area contributed by atoms with Crippen LogP contribution in [-0.2, 0) is 13.0 Å². The maximum absolute atomic E-state index is 6.11. The lowest BCUT2D eigenvalue weighted by Gasteiger charge is -2.35. The number of aromatic nitrogens is 2. The number of nitrogens with zero attached hydrogens (tertiary/aromatic N) is 3. The van der Waals surface area contributed by atoms with Crippen molar-refractivity contribution < 1.29 is 0 Å². The number of rotatable bonds is 5. The molecule has 2 N–H and O–H groups in total. The van der Waals surface area contributed by atoms with Gasteiger partial charge in [0.25, 0.3) is 0 Å². The molecule has 4 heteroatoms. The lowest BCUT2D eigenvalue weighted by molar-refractivity contribution is 0.377. The molecule has 0 aliphatic carbocycles. The maximum atomic E-state index is 6.11. The van der Waals surface area contributed by atoms with Gasteiger partial charge in [0.15, 0.2) is 0 Å². The van der Waals surface area contributed by atoms with Crippen molar-refractivity contribution in [2.75, 3.05) is 18.0 Å². The Morgan fingerprint density at radius 1 is 1.42 bits per heavy atom. The Hall–Kier alpha value is -1.03. The minimum atomic E-state index is 0.348. The van der Waals surface area contributed by atoms with Crippen LogP contribution in [0.1, 0.15) is 45.7 Å². The van der Waals surface area contributed by atoms with Crippen LogP contribution in [0.5, 0.6) is 0 Å². The number of unbranched alkanes of at least 4 members (excludes halogenated alkanes) is 1. The molecule has 0 radical (unpaired) electrons. The number of nitrogens with two attached hydrogens (primary N) is 1. The largest absolute Gasteiger partial charge is 0.342 e. The molecule has 0 saturated carbocycles. The Labute approximate surface area is 117 Å². The number of piperidine rings is 1. The summed E-state index contributed by atoms with van der Waals surface area (Å²) in [6, 6.07) is 0.348. The van der Waals surface area contributed by atoms with Gasteiger partial charge in [0, 0.05) is 31.9 Å². The lowest BCUT2D eigenvalue weighted by Crippen LogP contribution is -2.46. The number of hydrogen-bond donors (Lipinski definition) is 1. The zero-order valence-corrected chi connectivity index (χ0v) is 12.6. The van der Waals surface area contributed by atoms with Crippen molar-refractivity contribution in [3.8, 4) is 0 Å². The predicted molar refractivity (Wildman–Crippen MR) is 80.5 cm³/mol. The van der Waals surface area contributed by atoms with Gasteiger partial charge in [-0.25, -0.2) is 4.98 Å². The van der Waals surface area contributed by atoms with Crippen molar-refractivity contribution in [1.29, 1.82) is 0 Å². The van der Waals surface area contributed by atoms with Crippen molar-refractivity contribution in [3.63, 3.8) is 0 Å². The van der Waals surface area contributed by atoms with E-state index in [0.29, 0.717) is 12.0 Å². The van der Waals surface area contributed by atoms with E-state index >= 15 is 0 Å². The molecule has 1 aliphatic heterocycles. The highest BCUT2D eigenvalue weighted by molar-refractivity contribution is 5.35. The number of hydrogen-bond acceptors (Lipinski definition) is 3. The van der Waals surface area contributed by atoms with E-state index in [4.69, 9.17) is 10.7 Å². The smallest absolute Gasteiger partial charge is 0.205 e. The predicted octanol–water partition coefficient (Wildman–Crippen LogP) is 2.42. The minimum absolute atomic E-state index is 0.348. The van der Waals surface area contributed by atoms with E-state index in [1.54, 1.807) is 0 Å². The summed E-state index contributed by atoms with van der Waals surface area (Å²) in [7, 11) is 0. The first-order chi connectivity index (χ1) is 9.15. The molecule has 0 aromatic carbocycles. The van der Waals surface area contributed by atoms with E-state index in [-0.39, 0.29) is 0 Å². The molecule has 1 aliphatic rings. The highest BCUT2D eigenvalue weighted by Crippen LogP contribution is 2.23. The fourth-order valence-corrected chi connectivity index (χ4v) is 2.72. The lowest BCUT2D eigenvalue weighted by atomic mass is 9.95. The molecule has 108 valence electrons. The van der Waals surface area contributed by atoms with Gasteiger partial charge in [-0.1, -0.05) is 27.2 Å². The summed E-state index contributed by atoms with van der Waals surface area (Å²) in [4.78, 5) is 7.23. The molecular formula is C15H28N4. The molecule has 1 aromatic heterocycles. The van der Waals surface area contributed by atoms with Gasteiger partial charge in [0.2, 0.25) is 5.95 Å². The van der Waals surface area contributed by atoms with Gasteiger partial charge in [-0.15, -0.1) is 0 Å². The summed E-state index contributed by atoms with van der Waals surface area (Å²) >= 11 is 0. The van der Waals surface area contributed by atoms with Crippen LogP contribution in [0.2, 0.25) is 0 Å².